The van der Waals surface area contributed by atoms with E-state index < -0.39 is 0 Å². The van der Waals surface area contributed by atoms with Gasteiger partial charge in [0.05, 0.1) is 0 Å². The van der Waals surface area contributed by atoms with Gasteiger partial charge in [-0.25, -0.2) is 0 Å². The Kier molecular flexibility index (Phi) is 5.71. The molecule has 1 aliphatic carbocycles. The van der Waals surface area contributed by atoms with Crippen molar-refractivity contribution < 1.29 is 4.79 Å². The van der Waals surface area contributed by atoms with E-state index in [9.17, 15) is 4.79 Å². The van der Waals surface area contributed by atoms with Gasteiger partial charge in [0, 0.05) is 31.2 Å². The van der Waals surface area contributed by atoms with Gasteiger partial charge in [-0.05, 0) is 49.9 Å². The van der Waals surface area contributed by atoms with Gasteiger partial charge in [-0.2, -0.15) is 0 Å². The van der Waals surface area contributed by atoms with Crippen LogP contribution in [-0.4, -0.2) is 41.4 Å². The third-order valence-corrected chi connectivity index (χ3v) is 5.48. The van der Waals surface area contributed by atoms with Gasteiger partial charge in [0.2, 0.25) is 0 Å². The second kappa shape index (κ2) is 7.96. The molecule has 3 rings (SSSR count). The zero-order valence-corrected chi connectivity index (χ0v) is 14.5. The van der Waals surface area contributed by atoms with Crippen molar-refractivity contribution in [1.82, 2.24) is 9.80 Å². The molecule has 1 aliphatic heterocycles. The summed E-state index contributed by atoms with van der Waals surface area (Å²) in [6.45, 7) is 6.23. The Balaban J connectivity index is 1.60. The second-order valence-electron chi connectivity index (χ2n) is 7.05. The van der Waals surface area contributed by atoms with E-state index in [2.05, 4.69) is 24.0 Å². The molecule has 2 fully saturated rings. The summed E-state index contributed by atoms with van der Waals surface area (Å²) in [5.74, 6) is 0.202. The van der Waals surface area contributed by atoms with Gasteiger partial charge >= 0.3 is 0 Å². The fraction of sp³-hybridized carbons (Fsp3) is 0.650. The quantitative estimate of drug-likeness (QED) is 0.817. The van der Waals surface area contributed by atoms with E-state index >= 15 is 0 Å². The van der Waals surface area contributed by atoms with Crippen molar-refractivity contribution in [3.63, 3.8) is 0 Å². The number of benzene rings is 1. The van der Waals surface area contributed by atoms with E-state index in [1.165, 1.54) is 37.7 Å². The third kappa shape index (κ3) is 4.14. The van der Waals surface area contributed by atoms with Crippen LogP contribution in [0, 0.1) is 0 Å². The van der Waals surface area contributed by atoms with Gasteiger partial charge in [-0.1, -0.05) is 38.3 Å². The van der Waals surface area contributed by atoms with Crippen LogP contribution in [0.3, 0.4) is 0 Å². The molecule has 1 saturated carbocycles. The molecular formula is C20H30N2O. The van der Waals surface area contributed by atoms with E-state index in [-0.39, 0.29) is 5.91 Å². The van der Waals surface area contributed by atoms with Crippen molar-refractivity contribution in [2.75, 3.05) is 19.6 Å². The lowest BCUT2D eigenvalue weighted by Crippen LogP contribution is -2.36. The SMILES string of the molecule is CCN(Cc1ccc(C(=O)N2CCCC2)cc1)C1CCCCC1. The lowest BCUT2D eigenvalue weighted by molar-refractivity contribution is 0.0793. The summed E-state index contributed by atoms with van der Waals surface area (Å²) in [7, 11) is 0. The van der Waals surface area contributed by atoms with Gasteiger partial charge in [0.15, 0.2) is 0 Å². The highest BCUT2D eigenvalue weighted by molar-refractivity contribution is 5.94. The van der Waals surface area contributed by atoms with Crippen LogP contribution >= 0.6 is 0 Å². The Morgan fingerprint density at radius 1 is 1.04 bits per heavy atom. The molecule has 0 N–H and O–H groups in total. The molecule has 126 valence electrons. The minimum Gasteiger partial charge on any atom is -0.339 e. The van der Waals surface area contributed by atoms with Gasteiger partial charge < -0.3 is 4.90 Å². The van der Waals surface area contributed by atoms with Crippen LogP contribution in [0.2, 0.25) is 0 Å². The van der Waals surface area contributed by atoms with Crippen LogP contribution in [0.4, 0.5) is 0 Å². The molecule has 0 aromatic heterocycles. The average molecular weight is 314 g/mol. The molecule has 0 unspecified atom stereocenters. The molecule has 1 aromatic carbocycles. The van der Waals surface area contributed by atoms with E-state index in [1.54, 1.807) is 0 Å². The Morgan fingerprint density at radius 2 is 1.70 bits per heavy atom. The number of carbonyl (C=O) groups excluding carboxylic acids is 1. The number of likely N-dealkylation sites (tertiary alicyclic amines) is 1. The largest absolute Gasteiger partial charge is 0.339 e. The predicted molar refractivity (Wildman–Crippen MR) is 94.5 cm³/mol. The van der Waals surface area contributed by atoms with Crippen molar-refractivity contribution in [2.45, 2.75) is 64.5 Å². The Bertz CT molecular complexity index is 499. The third-order valence-electron chi connectivity index (χ3n) is 5.48. The number of nitrogens with zero attached hydrogens (tertiary/aromatic N) is 2. The van der Waals surface area contributed by atoms with Crippen LogP contribution in [-0.2, 0) is 6.54 Å². The van der Waals surface area contributed by atoms with Crippen LogP contribution in [0.25, 0.3) is 0 Å². The van der Waals surface area contributed by atoms with Crippen LogP contribution < -0.4 is 0 Å². The second-order valence-corrected chi connectivity index (χ2v) is 7.05. The molecule has 23 heavy (non-hydrogen) atoms. The molecule has 0 spiro atoms. The Labute approximate surface area is 140 Å². The van der Waals surface area contributed by atoms with Crippen molar-refractivity contribution in [1.29, 1.82) is 0 Å². The van der Waals surface area contributed by atoms with Gasteiger partial charge in [0.1, 0.15) is 0 Å². The molecule has 1 aromatic rings. The van der Waals surface area contributed by atoms with Gasteiger partial charge in [0.25, 0.3) is 5.91 Å². The van der Waals surface area contributed by atoms with E-state index in [0.717, 1.165) is 50.6 Å². The minimum atomic E-state index is 0.202. The zero-order valence-electron chi connectivity index (χ0n) is 14.5. The summed E-state index contributed by atoms with van der Waals surface area (Å²) in [6.07, 6.45) is 9.16. The highest BCUT2D eigenvalue weighted by Crippen LogP contribution is 2.24. The first-order chi connectivity index (χ1) is 11.3. The van der Waals surface area contributed by atoms with Crippen LogP contribution in [0.5, 0.6) is 0 Å². The predicted octanol–water partition coefficient (Wildman–Crippen LogP) is 4.08. The monoisotopic (exact) mass is 314 g/mol. The normalized spacial score (nSPS) is 19.5. The van der Waals surface area contributed by atoms with Gasteiger partial charge in [-0.15, -0.1) is 0 Å². The van der Waals surface area contributed by atoms with E-state index in [0.29, 0.717) is 0 Å². The molecule has 2 aliphatic rings. The average Bonchev–Trinajstić information content (AvgIpc) is 3.15. The molecule has 1 heterocycles. The van der Waals surface area contributed by atoms with Crippen molar-refractivity contribution in [2.24, 2.45) is 0 Å². The highest BCUT2D eigenvalue weighted by Gasteiger charge is 2.21. The lowest BCUT2D eigenvalue weighted by atomic mass is 9.94. The Hall–Kier alpha value is -1.35. The smallest absolute Gasteiger partial charge is 0.253 e. The Morgan fingerprint density at radius 3 is 2.30 bits per heavy atom. The summed E-state index contributed by atoms with van der Waals surface area (Å²) >= 11 is 0. The summed E-state index contributed by atoms with van der Waals surface area (Å²) < 4.78 is 0. The first-order valence-corrected chi connectivity index (χ1v) is 9.40. The molecule has 1 amide bonds. The van der Waals surface area contributed by atoms with Crippen LogP contribution in [0.15, 0.2) is 24.3 Å². The van der Waals surface area contributed by atoms with E-state index in [1.807, 2.05) is 17.0 Å². The number of amides is 1. The molecule has 0 bridgehead atoms. The number of hydrogen-bond donors (Lipinski definition) is 0. The summed E-state index contributed by atoms with van der Waals surface area (Å²) in [5, 5.41) is 0. The molecule has 0 radical (unpaired) electrons. The zero-order chi connectivity index (χ0) is 16.1. The van der Waals surface area contributed by atoms with Crippen LogP contribution in [0.1, 0.15) is 67.8 Å². The minimum absolute atomic E-state index is 0.202. The first-order valence-electron chi connectivity index (χ1n) is 9.40. The first kappa shape index (κ1) is 16.5. The number of rotatable bonds is 5. The summed E-state index contributed by atoms with van der Waals surface area (Å²) in [5.41, 5.74) is 2.17. The van der Waals surface area contributed by atoms with Gasteiger partial charge in [-0.3, -0.25) is 9.69 Å². The summed E-state index contributed by atoms with van der Waals surface area (Å²) in [6, 6.07) is 9.08. The lowest BCUT2D eigenvalue weighted by Gasteiger charge is -2.33. The molecule has 3 nitrogen and oxygen atoms in total. The highest BCUT2D eigenvalue weighted by atomic mass is 16.2. The molecule has 0 atom stereocenters. The fourth-order valence-corrected chi connectivity index (χ4v) is 4.04. The fourth-order valence-electron chi connectivity index (χ4n) is 4.04. The standard InChI is InChI=1S/C20H30N2O/c1-2-21(19-8-4-3-5-9-19)16-17-10-12-18(13-11-17)20(23)22-14-6-7-15-22/h10-13,19H,2-9,14-16H2,1H3. The molecular weight excluding hydrogens is 284 g/mol. The maximum absolute atomic E-state index is 12.4. The van der Waals surface area contributed by atoms with Crippen molar-refractivity contribution in [3.05, 3.63) is 35.4 Å². The van der Waals surface area contributed by atoms with E-state index in [4.69, 9.17) is 0 Å². The molecule has 1 saturated heterocycles. The van der Waals surface area contributed by atoms with Crippen molar-refractivity contribution in [3.8, 4) is 0 Å². The van der Waals surface area contributed by atoms with Crippen molar-refractivity contribution >= 4 is 5.91 Å². The molecule has 3 heteroatoms. The maximum Gasteiger partial charge on any atom is 0.253 e. The maximum atomic E-state index is 12.4. The number of carbonyl (C=O) groups is 1. The summed E-state index contributed by atoms with van der Waals surface area (Å²) in [4.78, 5) is 17.0. The topological polar surface area (TPSA) is 23.6 Å². The number of hydrogen-bond acceptors (Lipinski definition) is 2.